The third kappa shape index (κ3) is 3.27. The molecule has 0 amide bonds. The fraction of sp³-hybridized carbons (Fsp3) is 0.333. The van der Waals surface area contributed by atoms with Gasteiger partial charge < -0.3 is 16.0 Å². The van der Waals surface area contributed by atoms with E-state index in [-0.39, 0.29) is 11.9 Å². The molecule has 3 aromatic heterocycles. The van der Waals surface area contributed by atoms with Gasteiger partial charge in [0.1, 0.15) is 17.5 Å². The largest absolute Gasteiger partial charge is 0.388 e. The molecule has 0 radical (unpaired) electrons. The zero-order chi connectivity index (χ0) is 23.7. The Labute approximate surface area is 202 Å². The van der Waals surface area contributed by atoms with Gasteiger partial charge in [0.2, 0.25) is 0 Å². The summed E-state index contributed by atoms with van der Waals surface area (Å²) < 4.78 is 14.6. The maximum Gasteiger partial charge on any atom is 0.140 e. The number of nitrogens with two attached hydrogens (primary N) is 1. The molecular weight excluding hydrogens is 441 g/mol. The number of hydrogen-bond acceptors (Lipinski definition) is 7. The fourth-order valence-electron chi connectivity index (χ4n) is 6.20. The monoisotopic (exact) mass is 467 g/mol. The normalized spacial score (nSPS) is 22.0. The molecule has 1 saturated carbocycles. The average Bonchev–Trinajstić information content (AvgIpc) is 3.55. The Balaban J connectivity index is 1.35. The molecule has 2 aliphatic carbocycles. The number of piperidine rings is 1. The molecule has 7 nitrogen and oxygen atoms in total. The topological polar surface area (TPSA) is 92.8 Å². The Kier molecular flexibility index (Phi) is 4.54. The van der Waals surface area contributed by atoms with Crippen molar-refractivity contribution in [3.8, 4) is 11.1 Å². The summed E-state index contributed by atoms with van der Waals surface area (Å²) in [6.45, 7) is 0.889. The van der Waals surface area contributed by atoms with Crippen LogP contribution in [0.5, 0.6) is 0 Å². The Morgan fingerprint density at radius 2 is 2.06 bits per heavy atom. The average molecular weight is 468 g/mol. The third-order valence-electron chi connectivity index (χ3n) is 7.85. The van der Waals surface area contributed by atoms with Crippen LogP contribution in [0.4, 0.5) is 15.9 Å². The molecule has 4 aromatic rings. The number of hydrogen-bond donors (Lipinski definition) is 2. The summed E-state index contributed by atoms with van der Waals surface area (Å²) in [6, 6.07) is 9.71. The standard InChI is InChI=1S/C27H26FN7/c1-30-22-9-16(28)8-19-18(22)11-24-26(19)27(35-13-15-7-17(35)10-20(15)29)34-25(33-24)6-14-5-23-21(32-12-14)3-2-4-31-23/h2-5,8-9,12,15,17,20,30H,6-7,10-11,13,29H2,1H3/t15?,17?,20-/m0/s1. The van der Waals surface area contributed by atoms with Crippen molar-refractivity contribution in [3.05, 3.63) is 71.2 Å². The van der Waals surface area contributed by atoms with Crippen molar-refractivity contribution in [2.75, 3.05) is 23.8 Å². The van der Waals surface area contributed by atoms with Crippen molar-refractivity contribution in [1.29, 1.82) is 0 Å². The van der Waals surface area contributed by atoms with Crippen molar-refractivity contribution < 1.29 is 4.39 Å². The summed E-state index contributed by atoms with van der Waals surface area (Å²) in [6.07, 6.45) is 6.93. The summed E-state index contributed by atoms with van der Waals surface area (Å²) in [5.74, 6) is 1.90. The Morgan fingerprint density at radius 3 is 2.86 bits per heavy atom. The predicted molar refractivity (Wildman–Crippen MR) is 134 cm³/mol. The van der Waals surface area contributed by atoms with Gasteiger partial charge in [0, 0.05) is 62.2 Å². The van der Waals surface area contributed by atoms with Crippen LogP contribution in [-0.4, -0.2) is 45.6 Å². The molecular formula is C27H26FN7. The Hall–Kier alpha value is -3.65. The maximum absolute atomic E-state index is 14.6. The van der Waals surface area contributed by atoms with Crippen molar-refractivity contribution in [2.45, 2.75) is 37.8 Å². The highest BCUT2D eigenvalue weighted by atomic mass is 19.1. The summed E-state index contributed by atoms with van der Waals surface area (Å²) in [7, 11) is 1.83. The van der Waals surface area contributed by atoms with Crippen LogP contribution < -0.4 is 16.0 Å². The number of benzene rings is 1. The van der Waals surface area contributed by atoms with Crippen molar-refractivity contribution in [3.63, 3.8) is 0 Å². The lowest BCUT2D eigenvalue weighted by molar-refractivity contribution is 0.471. The second-order valence-electron chi connectivity index (χ2n) is 9.95. The Morgan fingerprint density at radius 1 is 1.14 bits per heavy atom. The zero-order valence-corrected chi connectivity index (χ0v) is 19.5. The number of halogens is 1. The van der Waals surface area contributed by atoms with E-state index in [0.29, 0.717) is 24.8 Å². The molecule has 176 valence electrons. The van der Waals surface area contributed by atoms with Gasteiger partial charge in [-0.1, -0.05) is 0 Å². The lowest BCUT2D eigenvalue weighted by Gasteiger charge is -2.32. The van der Waals surface area contributed by atoms with E-state index in [1.54, 1.807) is 18.3 Å². The fourth-order valence-corrected chi connectivity index (χ4v) is 6.20. The summed E-state index contributed by atoms with van der Waals surface area (Å²) in [5.41, 5.74) is 13.8. The molecule has 3 aliphatic rings. The van der Waals surface area contributed by atoms with Crippen LogP contribution in [0, 0.1) is 11.7 Å². The number of nitrogens with one attached hydrogen (secondary N) is 1. The van der Waals surface area contributed by atoms with Crippen LogP contribution >= 0.6 is 0 Å². The van der Waals surface area contributed by atoms with E-state index in [4.69, 9.17) is 15.7 Å². The molecule has 0 spiro atoms. The smallest absolute Gasteiger partial charge is 0.140 e. The second-order valence-corrected chi connectivity index (χ2v) is 9.95. The minimum absolute atomic E-state index is 0.252. The molecule has 8 heteroatoms. The van der Waals surface area contributed by atoms with Gasteiger partial charge in [-0.3, -0.25) is 9.97 Å². The minimum Gasteiger partial charge on any atom is -0.388 e. The highest BCUT2D eigenvalue weighted by Crippen LogP contribution is 2.48. The summed E-state index contributed by atoms with van der Waals surface area (Å²) in [5, 5.41) is 3.16. The number of fused-ring (bicyclic) bond motifs is 6. The van der Waals surface area contributed by atoms with Gasteiger partial charge in [0.15, 0.2) is 0 Å². The second kappa shape index (κ2) is 7.68. The molecule has 3 N–H and O–H groups in total. The lowest BCUT2D eigenvalue weighted by Crippen LogP contribution is -2.42. The minimum atomic E-state index is -0.254. The quantitative estimate of drug-likeness (QED) is 0.416. The molecule has 4 heterocycles. The van der Waals surface area contributed by atoms with Crippen LogP contribution in [0.3, 0.4) is 0 Å². The van der Waals surface area contributed by atoms with E-state index in [9.17, 15) is 4.39 Å². The molecule has 1 aromatic carbocycles. The first-order chi connectivity index (χ1) is 17.1. The van der Waals surface area contributed by atoms with Gasteiger partial charge in [-0.25, -0.2) is 14.4 Å². The van der Waals surface area contributed by atoms with Crippen molar-refractivity contribution in [2.24, 2.45) is 11.7 Å². The summed E-state index contributed by atoms with van der Waals surface area (Å²) >= 11 is 0. The molecule has 2 bridgehead atoms. The van der Waals surface area contributed by atoms with Crippen molar-refractivity contribution in [1.82, 2.24) is 19.9 Å². The van der Waals surface area contributed by atoms with Gasteiger partial charge in [-0.2, -0.15) is 0 Å². The van der Waals surface area contributed by atoms with E-state index < -0.39 is 0 Å². The van der Waals surface area contributed by atoms with Gasteiger partial charge in [-0.05, 0) is 65.8 Å². The third-order valence-corrected chi connectivity index (χ3v) is 7.85. The van der Waals surface area contributed by atoms with E-state index in [1.165, 1.54) is 0 Å². The first-order valence-corrected chi connectivity index (χ1v) is 12.2. The van der Waals surface area contributed by atoms with E-state index >= 15 is 0 Å². The lowest BCUT2D eigenvalue weighted by atomic mass is 10.0. The van der Waals surface area contributed by atoms with Crippen LogP contribution in [0.2, 0.25) is 0 Å². The number of pyridine rings is 2. The van der Waals surface area contributed by atoms with E-state index in [0.717, 1.165) is 75.7 Å². The van der Waals surface area contributed by atoms with Crippen molar-refractivity contribution >= 4 is 22.5 Å². The maximum atomic E-state index is 14.6. The van der Waals surface area contributed by atoms with Crippen LogP contribution in [0.25, 0.3) is 22.2 Å². The molecule has 2 unspecified atom stereocenters. The molecule has 2 fully saturated rings. The van der Waals surface area contributed by atoms with Crippen LogP contribution in [0.1, 0.15) is 35.5 Å². The molecule has 7 rings (SSSR count). The number of rotatable bonds is 4. The molecule has 3 atom stereocenters. The van der Waals surface area contributed by atoms with Crippen LogP contribution in [0.15, 0.2) is 42.7 Å². The highest BCUT2D eigenvalue weighted by Gasteiger charge is 2.45. The Bertz CT molecular complexity index is 1480. The predicted octanol–water partition coefficient (Wildman–Crippen LogP) is 3.69. The molecule has 1 aliphatic heterocycles. The van der Waals surface area contributed by atoms with Gasteiger partial charge >= 0.3 is 0 Å². The van der Waals surface area contributed by atoms with Gasteiger partial charge in [-0.15, -0.1) is 0 Å². The SMILES string of the molecule is CNc1cc(F)cc2c1Cc1nc(Cc3cnc4cccnc4c3)nc(N3CC4CC3C[C@@H]4N)c1-2. The number of aromatic nitrogens is 4. The van der Waals surface area contributed by atoms with E-state index in [2.05, 4.69) is 26.3 Å². The molecule has 35 heavy (non-hydrogen) atoms. The number of nitrogens with zero attached hydrogens (tertiary/aromatic N) is 5. The van der Waals surface area contributed by atoms with Crippen LogP contribution in [-0.2, 0) is 12.8 Å². The first kappa shape index (κ1) is 20.7. The van der Waals surface area contributed by atoms with Gasteiger partial charge in [0.05, 0.1) is 16.7 Å². The summed E-state index contributed by atoms with van der Waals surface area (Å²) in [4.78, 5) is 21.5. The highest BCUT2D eigenvalue weighted by molar-refractivity contribution is 5.88. The first-order valence-electron chi connectivity index (χ1n) is 12.2. The number of anilines is 2. The molecule has 1 saturated heterocycles. The van der Waals surface area contributed by atoms with E-state index in [1.807, 2.05) is 25.4 Å². The zero-order valence-electron chi connectivity index (χ0n) is 19.5. The van der Waals surface area contributed by atoms with Gasteiger partial charge in [0.25, 0.3) is 0 Å².